The molecular formula is C9H12O2. The fourth-order valence-electron chi connectivity index (χ4n) is 0.814. The van der Waals surface area contributed by atoms with Crippen molar-refractivity contribution < 1.29 is 13.6 Å². The van der Waals surface area contributed by atoms with E-state index in [1.54, 1.807) is 12.1 Å². The van der Waals surface area contributed by atoms with E-state index >= 15 is 0 Å². The van der Waals surface area contributed by atoms with Gasteiger partial charge in [0.15, 0.2) is 0 Å². The second kappa shape index (κ2) is 3.28. The molecule has 0 unspecified atom stereocenters. The number of aryl methyl sites for hydroxylation is 1. The van der Waals surface area contributed by atoms with Crippen molar-refractivity contribution in [2.45, 2.75) is 6.85 Å². The van der Waals surface area contributed by atoms with Crippen molar-refractivity contribution in [3.8, 4) is 11.5 Å². The van der Waals surface area contributed by atoms with E-state index in [0.29, 0.717) is 11.5 Å². The number of methoxy groups -OCH3 is 2. The normalized spacial score (nSPS) is 14.5. The van der Waals surface area contributed by atoms with Crippen molar-refractivity contribution in [1.82, 2.24) is 0 Å². The van der Waals surface area contributed by atoms with Gasteiger partial charge in [0.2, 0.25) is 0 Å². The quantitative estimate of drug-likeness (QED) is 0.650. The summed E-state index contributed by atoms with van der Waals surface area (Å²) in [6.45, 7) is -2.18. The standard InChI is InChI=1S/C9H12O2/c1-7-6-8(10-2)4-5-9(7)11-3/h4-6H,1-3H3/i1D3. The van der Waals surface area contributed by atoms with E-state index in [9.17, 15) is 0 Å². The highest BCUT2D eigenvalue weighted by Crippen LogP contribution is 2.22. The Balaban J connectivity index is 3.22. The van der Waals surface area contributed by atoms with Crippen LogP contribution in [-0.2, 0) is 0 Å². The number of benzene rings is 1. The SMILES string of the molecule is [2H]C([2H])([2H])c1cc(OC)ccc1OC. The van der Waals surface area contributed by atoms with Crippen molar-refractivity contribution in [1.29, 1.82) is 0 Å². The van der Waals surface area contributed by atoms with Crippen LogP contribution >= 0.6 is 0 Å². The molecular weight excluding hydrogens is 140 g/mol. The van der Waals surface area contributed by atoms with Gasteiger partial charge in [-0.25, -0.2) is 0 Å². The molecule has 0 N–H and O–H groups in total. The van der Waals surface area contributed by atoms with Crippen LogP contribution in [-0.4, -0.2) is 14.2 Å². The summed E-state index contributed by atoms with van der Waals surface area (Å²) in [7, 11) is 2.93. The minimum Gasteiger partial charge on any atom is -0.497 e. The van der Waals surface area contributed by atoms with Gasteiger partial charge in [-0.05, 0) is 30.6 Å². The molecule has 0 heterocycles. The molecule has 0 aliphatic rings. The first-order valence-electron chi connectivity index (χ1n) is 4.71. The van der Waals surface area contributed by atoms with Gasteiger partial charge in [-0.2, -0.15) is 0 Å². The number of hydrogen-bond donors (Lipinski definition) is 0. The molecule has 1 aromatic rings. The molecule has 0 atom stereocenters. The summed E-state index contributed by atoms with van der Waals surface area (Å²) in [5, 5.41) is 0. The van der Waals surface area contributed by atoms with Crippen molar-refractivity contribution in [2.75, 3.05) is 14.2 Å². The third-order valence-electron chi connectivity index (χ3n) is 1.41. The molecule has 11 heavy (non-hydrogen) atoms. The maximum Gasteiger partial charge on any atom is 0.122 e. The van der Waals surface area contributed by atoms with E-state index < -0.39 is 6.85 Å². The molecule has 1 aromatic carbocycles. The predicted octanol–water partition coefficient (Wildman–Crippen LogP) is 2.01. The Labute approximate surface area is 71.0 Å². The Morgan fingerprint density at radius 1 is 1.27 bits per heavy atom. The summed E-state index contributed by atoms with van der Waals surface area (Å²) in [6, 6.07) is 4.71. The highest BCUT2D eigenvalue weighted by Gasteiger charge is 1.97. The van der Waals surface area contributed by atoms with Gasteiger partial charge in [0.1, 0.15) is 11.5 Å². The van der Waals surface area contributed by atoms with E-state index in [4.69, 9.17) is 13.6 Å². The van der Waals surface area contributed by atoms with Crippen LogP contribution in [0.25, 0.3) is 0 Å². The zero-order chi connectivity index (χ0) is 10.8. The monoisotopic (exact) mass is 155 g/mol. The third-order valence-corrected chi connectivity index (χ3v) is 1.41. The van der Waals surface area contributed by atoms with Crippen LogP contribution in [0.15, 0.2) is 18.2 Å². The summed E-state index contributed by atoms with van der Waals surface area (Å²) in [6.07, 6.45) is 0. The average Bonchev–Trinajstić information content (AvgIpc) is 2.15. The second-order valence-corrected chi connectivity index (χ2v) is 2.07. The number of hydrogen-bond acceptors (Lipinski definition) is 2. The molecule has 0 saturated heterocycles. The second-order valence-electron chi connectivity index (χ2n) is 2.07. The lowest BCUT2D eigenvalue weighted by Crippen LogP contribution is -1.88. The van der Waals surface area contributed by atoms with Gasteiger partial charge in [-0.1, -0.05) is 0 Å². The molecule has 0 saturated carbocycles. The van der Waals surface area contributed by atoms with Crippen LogP contribution in [0.2, 0.25) is 0 Å². The average molecular weight is 155 g/mol. The van der Waals surface area contributed by atoms with Crippen LogP contribution < -0.4 is 9.47 Å². The van der Waals surface area contributed by atoms with Crippen LogP contribution in [0, 0.1) is 6.85 Å². The van der Waals surface area contributed by atoms with Gasteiger partial charge < -0.3 is 9.47 Å². The van der Waals surface area contributed by atoms with Gasteiger partial charge in [0.25, 0.3) is 0 Å². The highest BCUT2D eigenvalue weighted by atomic mass is 16.5. The fraction of sp³-hybridized carbons (Fsp3) is 0.333. The topological polar surface area (TPSA) is 18.5 Å². The van der Waals surface area contributed by atoms with Crippen molar-refractivity contribution >= 4 is 0 Å². The highest BCUT2D eigenvalue weighted by molar-refractivity contribution is 5.39. The molecule has 0 spiro atoms. The molecule has 2 heteroatoms. The van der Waals surface area contributed by atoms with Crippen molar-refractivity contribution in [2.24, 2.45) is 0 Å². The summed E-state index contributed by atoms with van der Waals surface area (Å²) >= 11 is 0. The predicted molar refractivity (Wildman–Crippen MR) is 44.3 cm³/mol. The maximum absolute atomic E-state index is 7.29. The van der Waals surface area contributed by atoms with E-state index in [1.807, 2.05) is 0 Å². The summed E-state index contributed by atoms with van der Waals surface area (Å²) < 4.78 is 31.8. The lowest BCUT2D eigenvalue weighted by Gasteiger charge is -2.05. The van der Waals surface area contributed by atoms with Crippen molar-refractivity contribution in [3.05, 3.63) is 23.8 Å². The zero-order valence-corrected chi connectivity index (χ0v) is 6.55. The first-order valence-corrected chi connectivity index (χ1v) is 3.21. The molecule has 0 bridgehead atoms. The maximum atomic E-state index is 7.29. The van der Waals surface area contributed by atoms with Gasteiger partial charge in [-0.15, -0.1) is 0 Å². The molecule has 0 aliphatic heterocycles. The fourth-order valence-corrected chi connectivity index (χ4v) is 0.814. The first kappa shape index (κ1) is 4.65. The van der Waals surface area contributed by atoms with E-state index in [0.717, 1.165) is 0 Å². The van der Waals surface area contributed by atoms with Crippen molar-refractivity contribution in [3.63, 3.8) is 0 Å². The van der Waals surface area contributed by atoms with E-state index in [2.05, 4.69) is 0 Å². The molecule has 0 fully saturated rings. The Hall–Kier alpha value is -1.18. The Morgan fingerprint density at radius 2 is 2.09 bits per heavy atom. The molecule has 0 aliphatic carbocycles. The Kier molecular flexibility index (Phi) is 1.39. The van der Waals surface area contributed by atoms with Gasteiger partial charge in [0, 0.05) is 4.11 Å². The van der Waals surface area contributed by atoms with Crippen LogP contribution in [0.5, 0.6) is 11.5 Å². The molecule has 60 valence electrons. The van der Waals surface area contributed by atoms with Crippen LogP contribution in [0.4, 0.5) is 0 Å². The van der Waals surface area contributed by atoms with E-state index in [-0.39, 0.29) is 5.56 Å². The minimum atomic E-state index is -2.18. The molecule has 0 amide bonds. The molecule has 1 rings (SSSR count). The molecule has 0 radical (unpaired) electrons. The summed E-state index contributed by atoms with van der Waals surface area (Å²) in [4.78, 5) is 0. The zero-order valence-electron chi connectivity index (χ0n) is 9.55. The molecule has 0 aromatic heterocycles. The van der Waals surface area contributed by atoms with Gasteiger partial charge in [0.05, 0.1) is 14.2 Å². The summed E-state index contributed by atoms with van der Waals surface area (Å²) in [5.41, 5.74) is 0.166. The third kappa shape index (κ3) is 1.64. The van der Waals surface area contributed by atoms with Gasteiger partial charge >= 0.3 is 0 Å². The number of ether oxygens (including phenoxy) is 2. The lowest BCUT2D eigenvalue weighted by atomic mass is 10.2. The van der Waals surface area contributed by atoms with E-state index in [1.165, 1.54) is 20.3 Å². The van der Waals surface area contributed by atoms with Crippen LogP contribution in [0.1, 0.15) is 9.68 Å². The minimum absolute atomic E-state index is 0.166. The Bertz CT molecular complexity index is 320. The summed E-state index contributed by atoms with van der Waals surface area (Å²) in [5.74, 6) is 0.864. The number of rotatable bonds is 2. The van der Waals surface area contributed by atoms with Crippen LogP contribution in [0.3, 0.4) is 0 Å². The smallest absolute Gasteiger partial charge is 0.122 e. The molecule has 2 nitrogen and oxygen atoms in total. The largest absolute Gasteiger partial charge is 0.497 e. The first-order chi connectivity index (χ1) is 6.49. The Morgan fingerprint density at radius 3 is 2.64 bits per heavy atom. The lowest BCUT2D eigenvalue weighted by molar-refractivity contribution is 0.400. The van der Waals surface area contributed by atoms with Gasteiger partial charge in [-0.3, -0.25) is 0 Å².